The number of nitrogens with two attached hydrogens (primary N) is 1. The fourth-order valence-corrected chi connectivity index (χ4v) is 3.43. The second-order valence-electron chi connectivity index (χ2n) is 6.96. The Bertz CT molecular complexity index is 735. The van der Waals surface area contributed by atoms with E-state index in [4.69, 9.17) is 5.73 Å². The number of aryl methyl sites for hydroxylation is 2. The number of aromatic amines is 1. The van der Waals surface area contributed by atoms with Crippen LogP contribution < -0.4 is 21.7 Å². The van der Waals surface area contributed by atoms with Crippen LogP contribution in [0, 0.1) is 0 Å². The van der Waals surface area contributed by atoms with Gasteiger partial charge < -0.3 is 16.0 Å². The minimum atomic E-state index is 0.778. The van der Waals surface area contributed by atoms with E-state index in [1.807, 2.05) is 26.1 Å². The summed E-state index contributed by atoms with van der Waals surface area (Å²) in [6.07, 6.45) is 15.9. The molecule has 0 saturated heterocycles. The van der Waals surface area contributed by atoms with Crippen LogP contribution in [0.25, 0.3) is 12.2 Å². The van der Waals surface area contributed by atoms with Crippen LogP contribution in [0.4, 0.5) is 0 Å². The predicted molar refractivity (Wildman–Crippen MR) is 118 cm³/mol. The third-order valence-electron chi connectivity index (χ3n) is 4.86. The first-order chi connectivity index (χ1) is 13.9. The smallest absolute Gasteiger partial charge is 0.121 e. The molecule has 5 nitrogen and oxygen atoms in total. The van der Waals surface area contributed by atoms with Crippen molar-refractivity contribution < 1.29 is 0 Å². The molecule has 28 heavy (non-hydrogen) atoms. The van der Waals surface area contributed by atoms with Crippen LogP contribution in [0.15, 0.2) is 18.3 Å². The monoisotopic (exact) mass is 383 g/mol. The van der Waals surface area contributed by atoms with Gasteiger partial charge >= 0.3 is 0 Å². The molecule has 0 aromatic carbocycles. The van der Waals surface area contributed by atoms with Crippen LogP contribution in [0.2, 0.25) is 0 Å². The van der Waals surface area contributed by atoms with E-state index >= 15 is 0 Å². The maximum Gasteiger partial charge on any atom is 0.121 e. The minimum Gasteiger partial charge on any atom is -0.341 e. The van der Waals surface area contributed by atoms with Gasteiger partial charge in [-0.1, -0.05) is 32.1 Å². The van der Waals surface area contributed by atoms with E-state index in [0.29, 0.717) is 0 Å². The van der Waals surface area contributed by atoms with Crippen molar-refractivity contribution in [1.82, 2.24) is 20.3 Å². The Hall–Kier alpha value is -1.98. The summed E-state index contributed by atoms with van der Waals surface area (Å²) in [5.74, 6) is 1.03. The summed E-state index contributed by atoms with van der Waals surface area (Å²) < 4.78 is 0. The molecule has 0 fully saturated rings. The van der Waals surface area contributed by atoms with E-state index in [0.717, 1.165) is 56.5 Å². The number of imidazole rings is 1. The fraction of sp³-hybridized carbons (Fsp3) is 0.565. The largest absolute Gasteiger partial charge is 0.341 e. The van der Waals surface area contributed by atoms with E-state index < -0.39 is 0 Å². The van der Waals surface area contributed by atoms with Crippen molar-refractivity contribution in [3.63, 3.8) is 0 Å². The molecule has 2 aromatic heterocycles. The van der Waals surface area contributed by atoms with E-state index in [1.165, 1.54) is 42.3 Å². The van der Waals surface area contributed by atoms with Crippen molar-refractivity contribution in [3.8, 4) is 0 Å². The highest BCUT2D eigenvalue weighted by Gasteiger charge is 2.07. The Morgan fingerprint density at radius 2 is 1.93 bits per heavy atom. The van der Waals surface area contributed by atoms with Gasteiger partial charge in [0.25, 0.3) is 0 Å². The van der Waals surface area contributed by atoms with Gasteiger partial charge in [-0.15, -0.1) is 0 Å². The lowest BCUT2D eigenvalue weighted by atomic mass is 9.96. The number of rotatable bonds is 6. The highest BCUT2D eigenvalue weighted by atomic mass is 15.0. The molecule has 4 rings (SSSR count). The van der Waals surface area contributed by atoms with E-state index in [9.17, 15) is 0 Å². The van der Waals surface area contributed by atoms with Gasteiger partial charge in [0.05, 0.1) is 17.2 Å². The number of hydrogen-bond acceptors (Lipinski definition) is 4. The molecule has 2 heterocycles. The number of H-pyrrole nitrogens is 1. The molecule has 4 N–H and O–H groups in total. The maximum absolute atomic E-state index is 5.43. The van der Waals surface area contributed by atoms with Crippen molar-refractivity contribution in [2.45, 2.75) is 71.8 Å². The molecule has 0 saturated carbocycles. The number of hydrogen-bond donors (Lipinski definition) is 3. The average molecular weight is 384 g/mol. The molecule has 0 bridgehead atoms. The first kappa shape index (κ1) is 22.3. The number of nitrogens with zero attached hydrogens (tertiary/aromatic N) is 2. The van der Waals surface area contributed by atoms with Crippen LogP contribution in [0.3, 0.4) is 0 Å². The van der Waals surface area contributed by atoms with Crippen molar-refractivity contribution >= 4 is 12.2 Å². The van der Waals surface area contributed by atoms with Crippen molar-refractivity contribution in [3.05, 3.63) is 46.1 Å². The second kappa shape index (κ2) is 13.2. The van der Waals surface area contributed by atoms with E-state index in [1.54, 1.807) is 0 Å². The van der Waals surface area contributed by atoms with Crippen LogP contribution in [-0.4, -0.2) is 28.0 Å². The van der Waals surface area contributed by atoms with E-state index in [2.05, 4.69) is 38.5 Å². The topological polar surface area (TPSA) is 79.6 Å². The number of aromatic nitrogens is 3. The van der Waals surface area contributed by atoms with E-state index in [-0.39, 0.29) is 0 Å². The number of nitrogens with one attached hydrogen (secondary N) is 2. The zero-order chi connectivity index (χ0) is 20.0. The highest BCUT2D eigenvalue weighted by Crippen LogP contribution is 2.17. The predicted octanol–water partition coefficient (Wildman–Crippen LogP) is 2.58. The summed E-state index contributed by atoms with van der Waals surface area (Å²) >= 11 is 0. The van der Waals surface area contributed by atoms with Gasteiger partial charge in [0.2, 0.25) is 0 Å². The van der Waals surface area contributed by atoms with Gasteiger partial charge in [-0.05, 0) is 76.1 Å². The fourth-order valence-electron chi connectivity index (χ4n) is 3.43. The lowest BCUT2D eigenvalue weighted by molar-refractivity contribution is 0.614. The van der Waals surface area contributed by atoms with Gasteiger partial charge in [-0.25, -0.2) is 4.98 Å². The van der Waals surface area contributed by atoms with Crippen molar-refractivity contribution in [1.29, 1.82) is 0 Å². The average Bonchev–Trinajstić information content (AvgIpc) is 3.18. The summed E-state index contributed by atoms with van der Waals surface area (Å²) in [7, 11) is 0. The van der Waals surface area contributed by atoms with Crippen LogP contribution in [0.5, 0.6) is 0 Å². The molecule has 154 valence electrons. The van der Waals surface area contributed by atoms with Crippen molar-refractivity contribution in [2.24, 2.45) is 5.73 Å². The Morgan fingerprint density at radius 1 is 1.11 bits per heavy atom. The zero-order valence-corrected chi connectivity index (χ0v) is 17.6. The molecular formula is C23H37N5. The Balaban J connectivity index is 0.000000200. The van der Waals surface area contributed by atoms with Crippen LogP contribution in [-0.2, 0) is 19.4 Å². The van der Waals surface area contributed by atoms with Gasteiger partial charge in [0.15, 0.2) is 0 Å². The van der Waals surface area contributed by atoms with Crippen molar-refractivity contribution in [2.75, 3.05) is 13.1 Å². The Labute approximate surface area is 169 Å². The molecular weight excluding hydrogens is 346 g/mol. The lowest BCUT2D eigenvalue weighted by Gasteiger charge is -2.12. The van der Waals surface area contributed by atoms with Gasteiger partial charge in [0.1, 0.15) is 5.82 Å². The summed E-state index contributed by atoms with van der Waals surface area (Å²) in [5, 5.41) is 5.67. The molecule has 2 aliphatic rings. The Kier molecular flexibility index (Phi) is 10.5. The molecule has 0 aliphatic heterocycles. The normalized spacial score (nSPS) is 14.1. The number of unbranched alkanes of at least 4 members (excludes halogenated alkanes) is 1. The molecule has 0 unspecified atom stereocenters. The third kappa shape index (κ3) is 7.21. The summed E-state index contributed by atoms with van der Waals surface area (Å²) in [4.78, 5) is 12.2. The Morgan fingerprint density at radius 3 is 2.71 bits per heavy atom. The van der Waals surface area contributed by atoms with Crippen LogP contribution >= 0.6 is 0 Å². The first-order valence-electron chi connectivity index (χ1n) is 11.0. The van der Waals surface area contributed by atoms with Gasteiger partial charge in [0, 0.05) is 11.9 Å². The number of fused-ring (bicyclic) bond motifs is 2. The van der Waals surface area contributed by atoms with Gasteiger partial charge in [-0.2, -0.15) is 0 Å². The third-order valence-corrected chi connectivity index (χ3v) is 4.86. The number of pyridine rings is 1. The van der Waals surface area contributed by atoms with Crippen LogP contribution in [0.1, 0.15) is 69.5 Å². The quantitative estimate of drug-likeness (QED) is 0.670. The maximum atomic E-state index is 5.43. The summed E-state index contributed by atoms with van der Waals surface area (Å²) in [6, 6.07) is 4.23. The molecule has 2 aromatic rings. The van der Waals surface area contributed by atoms with Gasteiger partial charge in [-0.3, -0.25) is 4.98 Å². The molecule has 5 heteroatoms. The molecule has 0 amide bonds. The second-order valence-corrected chi connectivity index (χ2v) is 6.96. The molecule has 2 aliphatic carbocycles. The lowest BCUT2D eigenvalue weighted by Crippen LogP contribution is -2.26. The zero-order valence-electron chi connectivity index (χ0n) is 17.6. The summed E-state index contributed by atoms with van der Waals surface area (Å²) in [6.45, 7) is 6.61. The minimum absolute atomic E-state index is 0.778. The standard InChI is InChI=1S/C12H20N4.C9H11N.C2H6/c13-7-3-4-8-14-9-12-15-10-5-1-2-6-11(10)16-12;1-2-6-9-8(4-1)5-3-7-10-9;1-2/h5-6,14H,1-4,7-9,13H2,(H,15,16);3,5,7H,1-2,4,6H2;1-2H3. The summed E-state index contributed by atoms with van der Waals surface area (Å²) in [5.41, 5.74) is 8.23. The first-order valence-corrected chi connectivity index (χ1v) is 11.0. The molecule has 0 spiro atoms. The highest BCUT2D eigenvalue weighted by molar-refractivity contribution is 5.33. The molecule has 0 atom stereocenters. The molecule has 0 radical (unpaired) electrons. The SMILES string of the molecule is CC.NCCCCNCc1nc2c([nH]1)=CCCC=2.c1cnc2c(c1)CCCC2.